The molecule has 3 unspecified atom stereocenters. The molecule has 1 aliphatic heterocycles. The SMILES string of the molecule is COc1cc(OC)cc(N2CCC(CNC(=O)C3CCCCC3(C)N)C2)c1. The van der Waals surface area contributed by atoms with Crippen LogP contribution in [-0.2, 0) is 4.79 Å². The molecule has 2 fully saturated rings. The van der Waals surface area contributed by atoms with Crippen LogP contribution >= 0.6 is 0 Å². The highest BCUT2D eigenvalue weighted by molar-refractivity contribution is 5.80. The summed E-state index contributed by atoms with van der Waals surface area (Å²) < 4.78 is 10.7. The smallest absolute Gasteiger partial charge is 0.224 e. The summed E-state index contributed by atoms with van der Waals surface area (Å²) in [5.41, 5.74) is 7.09. The highest BCUT2D eigenvalue weighted by atomic mass is 16.5. The molecule has 1 aromatic carbocycles. The number of rotatable bonds is 6. The zero-order valence-electron chi connectivity index (χ0n) is 16.8. The van der Waals surface area contributed by atoms with Crippen molar-refractivity contribution in [2.75, 3.05) is 38.8 Å². The first-order chi connectivity index (χ1) is 12.9. The van der Waals surface area contributed by atoms with E-state index in [0.29, 0.717) is 12.5 Å². The largest absolute Gasteiger partial charge is 0.497 e. The van der Waals surface area contributed by atoms with Crippen LogP contribution in [0.1, 0.15) is 39.0 Å². The third-order valence-corrected chi connectivity index (χ3v) is 6.12. The van der Waals surface area contributed by atoms with Crippen molar-refractivity contribution >= 4 is 11.6 Å². The van der Waals surface area contributed by atoms with Gasteiger partial charge in [0.1, 0.15) is 11.5 Å². The van der Waals surface area contributed by atoms with E-state index in [9.17, 15) is 4.79 Å². The van der Waals surface area contributed by atoms with Gasteiger partial charge in [0.15, 0.2) is 0 Å². The number of benzene rings is 1. The average molecular weight is 376 g/mol. The van der Waals surface area contributed by atoms with Gasteiger partial charge in [-0.2, -0.15) is 0 Å². The number of amides is 1. The van der Waals surface area contributed by atoms with E-state index < -0.39 is 0 Å². The van der Waals surface area contributed by atoms with Crippen molar-refractivity contribution in [3.8, 4) is 11.5 Å². The molecular formula is C21H33N3O3. The van der Waals surface area contributed by atoms with Gasteiger partial charge in [-0.3, -0.25) is 4.79 Å². The normalized spacial score (nSPS) is 28.1. The topological polar surface area (TPSA) is 76.8 Å². The summed E-state index contributed by atoms with van der Waals surface area (Å²) in [4.78, 5) is 15.0. The summed E-state index contributed by atoms with van der Waals surface area (Å²) in [5, 5.41) is 3.17. The molecule has 3 rings (SSSR count). The van der Waals surface area contributed by atoms with E-state index in [1.807, 2.05) is 25.1 Å². The van der Waals surface area contributed by atoms with Crippen LogP contribution in [0, 0.1) is 11.8 Å². The van der Waals surface area contributed by atoms with Crippen molar-refractivity contribution in [3.05, 3.63) is 18.2 Å². The average Bonchev–Trinajstić information content (AvgIpc) is 3.14. The van der Waals surface area contributed by atoms with E-state index in [2.05, 4.69) is 10.2 Å². The minimum atomic E-state index is -0.374. The third kappa shape index (κ3) is 4.67. The van der Waals surface area contributed by atoms with Crippen LogP contribution in [-0.4, -0.2) is 45.3 Å². The first-order valence-corrected chi connectivity index (χ1v) is 9.97. The van der Waals surface area contributed by atoms with Gasteiger partial charge in [0.25, 0.3) is 0 Å². The molecule has 6 nitrogen and oxygen atoms in total. The number of methoxy groups -OCH3 is 2. The molecule has 1 aromatic rings. The van der Waals surface area contributed by atoms with Gasteiger partial charge >= 0.3 is 0 Å². The monoisotopic (exact) mass is 375 g/mol. The molecule has 6 heteroatoms. The first kappa shape index (κ1) is 19.8. The summed E-state index contributed by atoms with van der Waals surface area (Å²) in [6.45, 7) is 4.61. The molecule has 1 saturated carbocycles. The van der Waals surface area contributed by atoms with Crippen molar-refractivity contribution in [1.29, 1.82) is 0 Å². The lowest BCUT2D eigenvalue weighted by molar-refractivity contribution is -0.128. The van der Waals surface area contributed by atoms with Gasteiger partial charge in [-0.15, -0.1) is 0 Å². The van der Waals surface area contributed by atoms with Crippen molar-refractivity contribution in [1.82, 2.24) is 5.32 Å². The lowest BCUT2D eigenvalue weighted by Crippen LogP contribution is -2.53. The summed E-state index contributed by atoms with van der Waals surface area (Å²) in [6.07, 6.45) is 5.11. The van der Waals surface area contributed by atoms with Crippen LogP contribution in [0.5, 0.6) is 11.5 Å². The minimum absolute atomic E-state index is 0.0635. The number of anilines is 1. The van der Waals surface area contributed by atoms with Crippen LogP contribution in [0.3, 0.4) is 0 Å². The highest BCUT2D eigenvalue weighted by Gasteiger charge is 2.38. The fraction of sp³-hybridized carbons (Fsp3) is 0.667. The molecule has 0 spiro atoms. The van der Waals surface area contributed by atoms with Gasteiger partial charge in [0.2, 0.25) is 5.91 Å². The predicted molar refractivity (Wildman–Crippen MR) is 107 cm³/mol. The number of nitrogens with one attached hydrogen (secondary N) is 1. The van der Waals surface area contributed by atoms with E-state index in [1.165, 1.54) is 0 Å². The second-order valence-corrected chi connectivity index (χ2v) is 8.22. The van der Waals surface area contributed by atoms with Gasteiger partial charge in [-0.05, 0) is 32.1 Å². The maximum absolute atomic E-state index is 12.7. The number of hydrogen-bond donors (Lipinski definition) is 2. The van der Waals surface area contributed by atoms with E-state index >= 15 is 0 Å². The van der Waals surface area contributed by atoms with Crippen LogP contribution in [0.15, 0.2) is 18.2 Å². The van der Waals surface area contributed by atoms with Gasteiger partial charge in [0.05, 0.1) is 20.1 Å². The summed E-state index contributed by atoms with van der Waals surface area (Å²) in [7, 11) is 3.33. The number of nitrogens with two attached hydrogens (primary N) is 1. The van der Waals surface area contributed by atoms with Gasteiger partial charge in [0, 0.05) is 49.1 Å². The Morgan fingerprint density at radius 3 is 2.56 bits per heavy atom. The van der Waals surface area contributed by atoms with E-state index in [0.717, 1.165) is 62.4 Å². The number of carbonyl (C=O) groups is 1. The van der Waals surface area contributed by atoms with E-state index in [1.54, 1.807) is 14.2 Å². The second kappa shape index (κ2) is 8.38. The molecule has 150 valence electrons. The standard InChI is InChI=1S/C21H33N3O3/c1-21(22)8-5-4-6-19(21)20(25)23-13-15-7-9-24(14-15)16-10-17(26-2)12-18(11-16)27-3/h10-12,15,19H,4-9,13-14,22H2,1-3H3,(H,23,25). The molecule has 3 N–H and O–H groups in total. The van der Waals surface area contributed by atoms with Gasteiger partial charge in [-0.1, -0.05) is 12.8 Å². The fourth-order valence-corrected chi connectivity index (χ4v) is 4.37. The van der Waals surface area contributed by atoms with E-state index in [-0.39, 0.29) is 17.4 Å². The molecule has 1 aliphatic carbocycles. The predicted octanol–water partition coefficient (Wildman–Crippen LogP) is 2.55. The van der Waals surface area contributed by atoms with Gasteiger partial charge < -0.3 is 25.4 Å². The molecule has 1 amide bonds. The summed E-state index contributed by atoms with van der Waals surface area (Å²) in [6, 6.07) is 5.95. The van der Waals surface area contributed by atoms with Gasteiger partial charge in [-0.25, -0.2) is 0 Å². The number of carbonyl (C=O) groups excluding carboxylic acids is 1. The molecule has 27 heavy (non-hydrogen) atoms. The van der Waals surface area contributed by atoms with Crippen molar-refractivity contribution < 1.29 is 14.3 Å². The van der Waals surface area contributed by atoms with E-state index in [4.69, 9.17) is 15.2 Å². The lowest BCUT2D eigenvalue weighted by Gasteiger charge is -2.37. The molecule has 1 heterocycles. The first-order valence-electron chi connectivity index (χ1n) is 9.97. The molecule has 0 radical (unpaired) electrons. The Labute approximate surface area is 162 Å². The van der Waals surface area contributed by atoms with Crippen molar-refractivity contribution in [3.63, 3.8) is 0 Å². The van der Waals surface area contributed by atoms with Crippen LogP contribution < -0.4 is 25.4 Å². The van der Waals surface area contributed by atoms with Crippen molar-refractivity contribution in [2.24, 2.45) is 17.6 Å². The quantitative estimate of drug-likeness (QED) is 0.799. The van der Waals surface area contributed by atoms with Crippen LogP contribution in [0.2, 0.25) is 0 Å². The molecule has 1 saturated heterocycles. The van der Waals surface area contributed by atoms with Crippen LogP contribution in [0.25, 0.3) is 0 Å². The Kier molecular flexibility index (Phi) is 6.15. The number of nitrogens with zero attached hydrogens (tertiary/aromatic N) is 1. The zero-order chi connectivity index (χ0) is 19.4. The Morgan fingerprint density at radius 2 is 1.93 bits per heavy atom. The Bertz CT molecular complexity index is 640. The maximum Gasteiger partial charge on any atom is 0.224 e. The lowest BCUT2D eigenvalue weighted by atomic mass is 9.74. The summed E-state index contributed by atoms with van der Waals surface area (Å²) in [5.74, 6) is 2.09. The Morgan fingerprint density at radius 1 is 1.22 bits per heavy atom. The molecule has 3 atom stereocenters. The Hall–Kier alpha value is -1.95. The fourth-order valence-electron chi connectivity index (χ4n) is 4.37. The number of hydrogen-bond acceptors (Lipinski definition) is 5. The molecule has 0 bridgehead atoms. The van der Waals surface area contributed by atoms with Crippen molar-refractivity contribution in [2.45, 2.75) is 44.6 Å². The number of ether oxygens (including phenoxy) is 2. The molecule has 2 aliphatic rings. The third-order valence-electron chi connectivity index (χ3n) is 6.12. The summed E-state index contributed by atoms with van der Waals surface area (Å²) >= 11 is 0. The molecule has 0 aromatic heterocycles. The molecular weight excluding hydrogens is 342 g/mol. The Balaban J connectivity index is 1.55. The minimum Gasteiger partial charge on any atom is -0.497 e. The maximum atomic E-state index is 12.7. The van der Waals surface area contributed by atoms with Crippen LogP contribution in [0.4, 0.5) is 5.69 Å². The second-order valence-electron chi connectivity index (χ2n) is 8.22. The zero-order valence-corrected chi connectivity index (χ0v) is 16.8. The highest BCUT2D eigenvalue weighted by Crippen LogP contribution is 2.33.